The van der Waals surface area contributed by atoms with Crippen LogP contribution in [0, 0.1) is 6.92 Å². The molecule has 24 heavy (non-hydrogen) atoms. The average molecular weight is 322 g/mol. The van der Waals surface area contributed by atoms with Crippen molar-refractivity contribution in [3.05, 3.63) is 72.3 Å². The monoisotopic (exact) mass is 322 g/mol. The molecule has 0 saturated carbocycles. The van der Waals surface area contributed by atoms with Crippen molar-refractivity contribution in [2.45, 2.75) is 13.5 Å². The quantitative estimate of drug-likeness (QED) is 0.756. The molecule has 1 aromatic heterocycles. The Morgan fingerprint density at radius 1 is 1.12 bits per heavy atom. The second-order valence-electron chi connectivity index (χ2n) is 5.39. The summed E-state index contributed by atoms with van der Waals surface area (Å²) in [6.45, 7) is 2.42. The van der Waals surface area contributed by atoms with E-state index in [-0.39, 0.29) is 12.5 Å². The predicted molar refractivity (Wildman–Crippen MR) is 89.9 cm³/mol. The van der Waals surface area contributed by atoms with E-state index in [0.717, 1.165) is 16.8 Å². The molecule has 0 atom stereocenters. The third kappa shape index (κ3) is 3.98. The fourth-order valence-electron chi connectivity index (χ4n) is 2.27. The molecule has 6 nitrogen and oxygen atoms in total. The zero-order valence-corrected chi connectivity index (χ0v) is 13.3. The van der Waals surface area contributed by atoms with Crippen molar-refractivity contribution < 1.29 is 9.53 Å². The van der Waals surface area contributed by atoms with Crippen LogP contribution in [0.4, 0.5) is 0 Å². The molecule has 6 heteroatoms. The van der Waals surface area contributed by atoms with Gasteiger partial charge in [0.05, 0.1) is 5.69 Å². The fourth-order valence-corrected chi connectivity index (χ4v) is 2.27. The third-order valence-electron chi connectivity index (χ3n) is 3.50. The summed E-state index contributed by atoms with van der Waals surface area (Å²) >= 11 is 0. The normalized spacial score (nSPS) is 10.4. The number of aromatic nitrogens is 3. The molecule has 1 N–H and O–H groups in total. The van der Waals surface area contributed by atoms with Crippen molar-refractivity contribution in [1.29, 1.82) is 0 Å². The summed E-state index contributed by atoms with van der Waals surface area (Å²) in [6.07, 6.45) is 3.19. The molecule has 0 bridgehead atoms. The molecule has 0 unspecified atom stereocenters. The lowest BCUT2D eigenvalue weighted by molar-refractivity contribution is -0.123. The lowest BCUT2D eigenvalue weighted by Crippen LogP contribution is -2.28. The maximum absolute atomic E-state index is 12.0. The minimum Gasteiger partial charge on any atom is -0.482 e. The molecule has 0 aliphatic heterocycles. The van der Waals surface area contributed by atoms with Gasteiger partial charge < -0.3 is 10.1 Å². The van der Waals surface area contributed by atoms with Gasteiger partial charge in [0.25, 0.3) is 5.91 Å². The first-order valence-electron chi connectivity index (χ1n) is 7.61. The third-order valence-corrected chi connectivity index (χ3v) is 3.50. The van der Waals surface area contributed by atoms with E-state index in [4.69, 9.17) is 4.74 Å². The van der Waals surface area contributed by atoms with Crippen LogP contribution < -0.4 is 10.1 Å². The number of carbonyl (C=O) groups is 1. The number of hydrogen-bond acceptors (Lipinski definition) is 4. The minimum absolute atomic E-state index is 0.0506. The molecule has 0 fully saturated rings. The molecule has 0 aliphatic carbocycles. The number of hydrogen-bond donors (Lipinski definition) is 1. The van der Waals surface area contributed by atoms with E-state index in [9.17, 15) is 4.79 Å². The summed E-state index contributed by atoms with van der Waals surface area (Å²) in [6, 6.07) is 15.5. The van der Waals surface area contributed by atoms with Gasteiger partial charge >= 0.3 is 0 Å². The Morgan fingerprint density at radius 2 is 1.88 bits per heavy atom. The van der Waals surface area contributed by atoms with Crippen molar-refractivity contribution in [3.63, 3.8) is 0 Å². The van der Waals surface area contributed by atoms with E-state index in [1.165, 1.54) is 0 Å². The van der Waals surface area contributed by atoms with Crippen LogP contribution in [0.3, 0.4) is 0 Å². The molecule has 122 valence electrons. The molecule has 1 heterocycles. The average Bonchev–Trinajstić information content (AvgIpc) is 3.14. The predicted octanol–water partition coefficient (Wildman–Crippen LogP) is 2.27. The van der Waals surface area contributed by atoms with Gasteiger partial charge in [-0.3, -0.25) is 9.36 Å². The second-order valence-corrected chi connectivity index (χ2v) is 5.39. The van der Waals surface area contributed by atoms with Gasteiger partial charge in [-0.15, -0.1) is 10.2 Å². The standard InChI is InChI=1S/C18H18N4O2/c1-14-7-8-17(16(9-14)22-12-20-21-13-22)24-11-18(23)19-10-15-5-3-2-4-6-15/h2-9,12-13H,10-11H2,1H3,(H,19,23). The van der Waals surface area contributed by atoms with Gasteiger partial charge in [0.2, 0.25) is 0 Å². The van der Waals surface area contributed by atoms with Gasteiger partial charge in [-0.1, -0.05) is 36.4 Å². The number of amides is 1. The van der Waals surface area contributed by atoms with E-state index in [0.29, 0.717) is 12.3 Å². The van der Waals surface area contributed by atoms with Crippen LogP contribution in [-0.2, 0) is 11.3 Å². The first-order valence-corrected chi connectivity index (χ1v) is 7.61. The summed E-state index contributed by atoms with van der Waals surface area (Å²) < 4.78 is 7.43. The zero-order valence-electron chi connectivity index (χ0n) is 13.3. The number of aryl methyl sites for hydroxylation is 1. The highest BCUT2D eigenvalue weighted by atomic mass is 16.5. The Bertz CT molecular complexity index is 801. The Morgan fingerprint density at radius 3 is 2.62 bits per heavy atom. The number of nitrogens with one attached hydrogen (secondary N) is 1. The van der Waals surface area contributed by atoms with Crippen molar-refractivity contribution in [3.8, 4) is 11.4 Å². The Hall–Kier alpha value is -3.15. The molecular formula is C18H18N4O2. The van der Waals surface area contributed by atoms with Crippen LogP contribution in [0.1, 0.15) is 11.1 Å². The first-order chi connectivity index (χ1) is 11.7. The summed E-state index contributed by atoms with van der Waals surface area (Å²) in [7, 11) is 0. The van der Waals surface area contributed by atoms with Crippen molar-refractivity contribution in [1.82, 2.24) is 20.1 Å². The summed E-state index contributed by atoms with van der Waals surface area (Å²) in [5, 5.41) is 10.5. The molecule has 2 aromatic carbocycles. The number of rotatable bonds is 6. The minimum atomic E-state index is -0.172. The smallest absolute Gasteiger partial charge is 0.258 e. The first kappa shape index (κ1) is 15.7. The van der Waals surface area contributed by atoms with E-state index in [2.05, 4.69) is 15.5 Å². The summed E-state index contributed by atoms with van der Waals surface area (Å²) in [4.78, 5) is 12.0. The van der Waals surface area contributed by atoms with E-state index in [1.807, 2.05) is 55.5 Å². The van der Waals surface area contributed by atoms with Crippen LogP contribution in [-0.4, -0.2) is 27.3 Å². The van der Waals surface area contributed by atoms with E-state index < -0.39 is 0 Å². The Labute approximate surface area is 140 Å². The van der Waals surface area contributed by atoms with E-state index >= 15 is 0 Å². The van der Waals surface area contributed by atoms with Crippen molar-refractivity contribution in [2.24, 2.45) is 0 Å². The van der Waals surface area contributed by atoms with E-state index in [1.54, 1.807) is 17.2 Å². The maximum Gasteiger partial charge on any atom is 0.258 e. The largest absolute Gasteiger partial charge is 0.482 e. The number of benzene rings is 2. The molecular weight excluding hydrogens is 304 g/mol. The molecule has 3 aromatic rings. The second kappa shape index (κ2) is 7.41. The summed E-state index contributed by atoms with van der Waals surface area (Å²) in [5.74, 6) is 0.435. The van der Waals surface area contributed by atoms with Crippen LogP contribution in [0.15, 0.2) is 61.2 Å². The van der Waals surface area contributed by atoms with Crippen LogP contribution in [0.2, 0.25) is 0 Å². The van der Waals surface area contributed by atoms with Crippen LogP contribution in [0.5, 0.6) is 5.75 Å². The van der Waals surface area contributed by atoms with Crippen molar-refractivity contribution >= 4 is 5.91 Å². The van der Waals surface area contributed by atoms with Crippen LogP contribution >= 0.6 is 0 Å². The van der Waals surface area contributed by atoms with Gasteiger partial charge in [0.1, 0.15) is 18.4 Å². The molecule has 3 rings (SSSR count). The SMILES string of the molecule is Cc1ccc(OCC(=O)NCc2ccccc2)c(-n2cnnc2)c1. The zero-order chi connectivity index (χ0) is 16.8. The maximum atomic E-state index is 12.0. The molecule has 0 spiro atoms. The number of ether oxygens (including phenoxy) is 1. The molecule has 0 saturated heterocycles. The molecule has 0 aliphatic rings. The number of carbonyl (C=O) groups excluding carboxylic acids is 1. The van der Waals surface area contributed by atoms with Gasteiger partial charge in [0, 0.05) is 6.54 Å². The van der Waals surface area contributed by atoms with Gasteiger partial charge in [-0.05, 0) is 30.2 Å². The Kier molecular flexibility index (Phi) is 4.86. The van der Waals surface area contributed by atoms with Gasteiger partial charge in [0.15, 0.2) is 6.61 Å². The highest BCUT2D eigenvalue weighted by Gasteiger charge is 2.09. The molecule has 1 amide bonds. The lowest BCUT2D eigenvalue weighted by atomic mass is 10.2. The Balaban J connectivity index is 1.61. The lowest BCUT2D eigenvalue weighted by Gasteiger charge is -2.12. The summed E-state index contributed by atoms with van der Waals surface area (Å²) in [5.41, 5.74) is 2.93. The van der Waals surface area contributed by atoms with Gasteiger partial charge in [-0.2, -0.15) is 0 Å². The molecule has 0 radical (unpaired) electrons. The van der Waals surface area contributed by atoms with Crippen LogP contribution in [0.25, 0.3) is 5.69 Å². The highest BCUT2D eigenvalue weighted by molar-refractivity contribution is 5.77. The highest BCUT2D eigenvalue weighted by Crippen LogP contribution is 2.23. The topological polar surface area (TPSA) is 69.0 Å². The number of nitrogens with zero attached hydrogens (tertiary/aromatic N) is 3. The fraction of sp³-hybridized carbons (Fsp3) is 0.167. The van der Waals surface area contributed by atoms with Gasteiger partial charge in [-0.25, -0.2) is 0 Å². The van der Waals surface area contributed by atoms with Crippen molar-refractivity contribution in [2.75, 3.05) is 6.61 Å².